The number of aromatic nitrogens is 2. The molecule has 2 aliphatic rings. The molecule has 0 amide bonds. The largest absolute Gasteiger partial charge is 0.507 e. The molecule has 2 aliphatic carbocycles. The Hall–Kier alpha value is -5.74. The lowest BCUT2D eigenvalue weighted by molar-refractivity contribution is 0.326. The van der Waals surface area contributed by atoms with Crippen molar-refractivity contribution in [2.24, 2.45) is 5.41 Å². The first-order valence-corrected chi connectivity index (χ1v) is 18.9. The summed E-state index contributed by atoms with van der Waals surface area (Å²) in [4.78, 5) is 9.93. The number of rotatable bonds is 7. The molecular formula is C49H44N2O2. The smallest absolute Gasteiger partial charge is 0.222 e. The van der Waals surface area contributed by atoms with Crippen LogP contribution in [0.5, 0.6) is 17.5 Å². The normalized spacial score (nSPS) is 14.3. The van der Waals surface area contributed by atoms with E-state index in [2.05, 4.69) is 107 Å². The fourth-order valence-corrected chi connectivity index (χ4v) is 8.93. The summed E-state index contributed by atoms with van der Waals surface area (Å²) in [5.41, 5.74) is 14.3. The van der Waals surface area contributed by atoms with Crippen LogP contribution in [0.2, 0.25) is 0 Å². The second-order valence-electron chi connectivity index (χ2n) is 15.8. The number of hydrogen-bond acceptors (Lipinski definition) is 4. The number of para-hydroxylation sites is 1. The Balaban J connectivity index is 1.06. The minimum Gasteiger partial charge on any atom is -0.507 e. The molecule has 0 fully saturated rings. The van der Waals surface area contributed by atoms with Crippen LogP contribution >= 0.6 is 0 Å². The zero-order valence-electron chi connectivity index (χ0n) is 30.9. The second-order valence-corrected chi connectivity index (χ2v) is 15.8. The van der Waals surface area contributed by atoms with Crippen LogP contribution in [0.15, 0.2) is 127 Å². The van der Waals surface area contributed by atoms with Gasteiger partial charge in [0.05, 0.1) is 11.4 Å². The molecule has 0 radical (unpaired) electrons. The topological polar surface area (TPSA) is 55.2 Å². The first kappa shape index (κ1) is 33.1. The number of benzene rings is 5. The van der Waals surface area contributed by atoms with Crippen LogP contribution in [0.4, 0.5) is 0 Å². The van der Waals surface area contributed by atoms with Crippen LogP contribution in [0.1, 0.15) is 72.9 Å². The molecule has 0 unspecified atom stereocenters. The minimum atomic E-state index is 0.176. The van der Waals surface area contributed by atoms with Gasteiger partial charge < -0.3 is 9.84 Å². The fraction of sp³-hybridized carbons (Fsp3) is 0.224. The van der Waals surface area contributed by atoms with Gasteiger partial charge in [0.2, 0.25) is 11.8 Å². The molecule has 0 saturated carbocycles. The maximum Gasteiger partial charge on any atom is 0.222 e. The molecule has 1 N–H and O–H groups in total. The van der Waals surface area contributed by atoms with Crippen molar-refractivity contribution < 1.29 is 9.84 Å². The maximum absolute atomic E-state index is 10.9. The van der Waals surface area contributed by atoms with E-state index in [1.165, 1.54) is 62.6 Å². The van der Waals surface area contributed by atoms with Crippen molar-refractivity contribution in [2.75, 3.05) is 0 Å². The molecule has 0 bridgehead atoms. The molecule has 4 heteroatoms. The number of pyridine rings is 2. The third-order valence-corrected chi connectivity index (χ3v) is 11.4. The van der Waals surface area contributed by atoms with Crippen molar-refractivity contribution in [2.45, 2.75) is 65.2 Å². The highest BCUT2D eigenvalue weighted by Gasteiger charge is 2.42. The van der Waals surface area contributed by atoms with Crippen molar-refractivity contribution in [3.63, 3.8) is 0 Å². The lowest BCUT2D eigenvalue weighted by Gasteiger charge is -2.21. The van der Waals surface area contributed by atoms with Crippen LogP contribution in [0.3, 0.4) is 0 Å². The lowest BCUT2D eigenvalue weighted by Crippen LogP contribution is -2.21. The van der Waals surface area contributed by atoms with Gasteiger partial charge in [-0.2, -0.15) is 0 Å². The van der Waals surface area contributed by atoms with Gasteiger partial charge in [-0.15, -0.1) is 0 Å². The van der Waals surface area contributed by atoms with E-state index in [1.54, 1.807) is 6.07 Å². The first-order valence-electron chi connectivity index (χ1n) is 18.9. The lowest BCUT2D eigenvalue weighted by atomic mass is 9.82. The number of phenolic OH excluding ortho intramolecular Hbond substituents is 1. The van der Waals surface area contributed by atoms with E-state index in [1.807, 2.05) is 42.5 Å². The van der Waals surface area contributed by atoms with E-state index in [0.717, 1.165) is 29.7 Å². The summed E-state index contributed by atoms with van der Waals surface area (Å²) in [7, 11) is 0. The van der Waals surface area contributed by atoms with E-state index < -0.39 is 0 Å². The molecule has 9 rings (SSSR count). The van der Waals surface area contributed by atoms with Gasteiger partial charge in [0.1, 0.15) is 5.75 Å². The summed E-state index contributed by atoms with van der Waals surface area (Å²) in [6.45, 7) is 8.91. The summed E-state index contributed by atoms with van der Waals surface area (Å²) in [6, 6.07) is 44.4. The van der Waals surface area contributed by atoms with Crippen molar-refractivity contribution in [1.82, 2.24) is 9.97 Å². The molecule has 7 aromatic rings. The van der Waals surface area contributed by atoms with Crippen LogP contribution in [0, 0.1) is 5.41 Å². The van der Waals surface area contributed by atoms with Gasteiger partial charge in [0, 0.05) is 23.3 Å². The van der Waals surface area contributed by atoms with E-state index in [-0.39, 0.29) is 5.75 Å². The Morgan fingerprint density at radius 1 is 0.528 bits per heavy atom. The Kier molecular flexibility index (Phi) is 8.15. The molecule has 0 atom stereocenters. The number of fused-ring (bicyclic) bond motifs is 3. The van der Waals surface area contributed by atoms with Gasteiger partial charge in [-0.25, -0.2) is 9.97 Å². The highest BCUT2D eigenvalue weighted by molar-refractivity contribution is 5.88. The van der Waals surface area contributed by atoms with E-state index >= 15 is 0 Å². The SMILES string of the molecule is CC(C)c1cccc(C(C)C)c1-c1cc(Oc2cccc(-c3ccc4cc5c(cc4c3)CC3(Cc4ccccc4C3)C5)n2)nc(-c2ccccc2O)c1. The molecule has 53 heavy (non-hydrogen) atoms. The van der Waals surface area contributed by atoms with Crippen LogP contribution in [0.25, 0.3) is 44.4 Å². The Morgan fingerprint density at radius 2 is 1.15 bits per heavy atom. The molecule has 0 aliphatic heterocycles. The van der Waals surface area contributed by atoms with Crippen molar-refractivity contribution in [3.8, 4) is 51.2 Å². The predicted molar refractivity (Wildman–Crippen MR) is 216 cm³/mol. The Labute approximate surface area is 312 Å². The molecule has 0 saturated heterocycles. The van der Waals surface area contributed by atoms with Crippen molar-refractivity contribution in [1.29, 1.82) is 0 Å². The van der Waals surface area contributed by atoms with Crippen molar-refractivity contribution in [3.05, 3.63) is 161 Å². The van der Waals surface area contributed by atoms with Crippen LogP contribution < -0.4 is 4.74 Å². The predicted octanol–water partition coefficient (Wildman–Crippen LogP) is 12.3. The summed E-state index contributed by atoms with van der Waals surface area (Å²) < 4.78 is 6.53. The number of ether oxygens (including phenoxy) is 1. The number of phenols is 1. The summed E-state index contributed by atoms with van der Waals surface area (Å²) >= 11 is 0. The minimum absolute atomic E-state index is 0.176. The third kappa shape index (κ3) is 6.16. The first-order chi connectivity index (χ1) is 25.7. The van der Waals surface area contributed by atoms with Gasteiger partial charge >= 0.3 is 0 Å². The quantitative estimate of drug-likeness (QED) is 0.181. The highest BCUT2D eigenvalue weighted by Crippen LogP contribution is 2.48. The average molecular weight is 693 g/mol. The summed E-state index contributed by atoms with van der Waals surface area (Å²) in [5, 5.41) is 13.4. The van der Waals surface area contributed by atoms with Gasteiger partial charge in [0.25, 0.3) is 0 Å². The fourth-order valence-electron chi connectivity index (χ4n) is 8.93. The molecule has 2 aromatic heterocycles. The molecule has 2 heterocycles. The van der Waals surface area contributed by atoms with Gasteiger partial charge in [-0.1, -0.05) is 113 Å². The van der Waals surface area contributed by atoms with Gasteiger partial charge in [-0.3, -0.25) is 0 Å². The number of nitrogens with zero attached hydrogens (tertiary/aromatic N) is 2. The van der Waals surface area contributed by atoms with Gasteiger partial charge in [0.15, 0.2) is 0 Å². The number of hydrogen-bond donors (Lipinski definition) is 1. The third-order valence-electron chi connectivity index (χ3n) is 11.4. The van der Waals surface area contributed by atoms with E-state index in [9.17, 15) is 5.11 Å². The average Bonchev–Trinajstić information content (AvgIpc) is 3.70. The highest BCUT2D eigenvalue weighted by atomic mass is 16.5. The Bertz CT molecular complexity index is 2480. The maximum atomic E-state index is 10.9. The molecular weight excluding hydrogens is 649 g/mol. The zero-order chi connectivity index (χ0) is 36.3. The molecule has 262 valence electrons. The standard InChI is InChI=1S/C49H44N2O2/c1-30(2)40-14-9-15-41(31(3)4)48(40)37-24-44(42-13-7-8-17-45(42)52)51-47(25-37)53-46-18-10-16-43(50-46)33-20-19-32-21-38-28-49(29-39(38)23-36(32)22-33)26-34-11-5-6-12-35(34)27-49/h5-25,30-31,52H,26-29H2,1-4H3. The van der Waals surface area contributed by atoms with Crippen molar-refractivity contribution >= 4 is 10.8 Å². The molecule has 4 nitrogen and oxygen atoms in total. The number of aromatic hydroxyl groups is 1. The summed E-state index contributed by atoms with van der Waals surface area (Å²) in [5.74, 6) is 1.70. The molecule has 1 spiro atoms. The van der Waals surface area contributed by atoms with Crippen LogP contribution in [-0.2, 0) is 25.7 Å². The second kappa shape index (κ2) is 13.0. The molecule has 5 aromatic carbocycles. The zero-order valence-corrected chi connectivity index (χ0v) is 30.9. The monoisotopic (exact) mass is 692 g/mol. The van der Waals surface area contributed by atoms with Crippen LogP contribution in [-0.4, -0.2) is 15.1 Å². The van der Waals surface area contributed by atoms with Gasteiger partial charge in [-0.05, 0) is 129 Å². The van der Waals surface area contributed by atoms with E-state index in [0.29, 0.717) is 40.3 Å². The van der Waals surface area contributed by atoms with E-state index in [4.69, 9.17) is 14.7 Å². The Morgan fingerprint density at radius 3 is 1.85 bits per heavy atom. The summed E-state index contributed by atoms with van der Waals surface area (Å²) in [6.07, 6.45) is 4.63.